The molecule has 1 saturated heterocycles. The van der Waals surface area contributed by atoms with Gasteiger partial charge in [0.2, 0.25) is 5.95 Å². The lowest BCUT2D eigenvalue weighted by Gasteiger charge is -2.26. The molecule has 204 valence electrons. The highest BCUT2D eigenvalue weighted by molar-refractivity contribution is 6.33. The van der Waals surface area contributed by atoms with E-state index >= 15 is 0 Å². The molecule has 1 fully saturated rings. The minimum Gasteiger partial charge on any atom is -0.379 e. The van der Waals surface area contributed by atoms with Crippen LogP contribution in [0.15, 0.2) is 41.3 Å². The van der Waals surface area contributed by atoms with Crippen LogP contribution < -0.4 is 16.0 Å². The Labute approximate surface area is 230 Å². The van der Waals surface area contributed by atoms with E-state index in [1.165, 1.54) is 6.33 Å². The van der Waals surface area contributed by atoms with Gasteiger partial charge >= 0.3 is 0 Å². The van der Waals surface area contributed by atoms with Crippen LogP contribution in [0.2, 0.25) is 5.02 Å². The van der Waals surface area contributed by atoms with Crippen LogP contribution in [0.3, 0.4) is 0 Å². The highest BCUT2D eigenvalue weighted by Gasteiger charge is 2.21. The number of nitrogens with zero attached hydrogens (tertiary/aromatic N) is 6. The lowest BCUT2D eigenvalue weighted by atomic mass is 9.93. The fraction of sp³-hybridized carbons (Fsp3) is 0.385. The van der Waals surface area contributed by atoms with Crippen LogP contribution in [0.25, 0.3) is 11.0 Å². The average Bonchev–Trinajstić information content (AvgIpc) is 3.40. The third-order valence-electron chi connectivity index (χ3n) is 6.16. The number of benzene rings is 1. The fourth-order valence-electron chi connectivity index (χ4n) is 3.95. The number of carbonyl (C=O) groups excluding carboxylic acids is 1. The van der Waals surface area contributed by atoms with Gasteiger partial charge in [0.25, 0.3) is 5.91 Å². The summed E-state index contributed by atoms with van der Waals surface area (Å²) in [5, 5.41) is 13.6. The van der Waals surface area contributed by atoms with Gasteiger partial charge in [-0.15, -0.1) is 0 Å². The van der Waals surface area contributed by atoms with Crippen LogP contribution in [0, 0.1) is 0 Å². The summed E-state index contributed by atoms with van der Waals surface area (Å²) in [6.45, 7) is 10.9. The van der Waals surface area contributed by atoms with Gasteiger partial charge in [-0.1, -0.05) is 37.5 Å². The Morgan fingerprint density at radius 1 is 1.13 bits per heavy atom. The predicted octanol–water partition coefficient (Wildman–Crippen LogP) is 4.10. The van der Waals surface area contributed by atoms with Crippen LogP contribution in [0.4, 0.5) is 23.3 Å². The van der Waals surface area contributed by atoms with E-state index in [0.717, 1.165) is 32.8 Å². The third kappa shape index (κ3) is 6.59. The Morgan fingerprint density at radius 2 is 1.95 bits per heavy atom. The molecule has 0 aliphatic carbocycles. The van der Waals surface area contributed by atoms with E-state index in [0.29, 0.717) is 57.2 Å². The lowest BCUT2D eigenvalue weighted by Crippen LogP contribution is -2.39. The number of morpholine rings is 1. The number of aromatic nitrogens is 5. The van der Waals surface area contributed by atoms with Crippen molar-refractivity contribution in [3.63, 3.8) is 0 Å². The van der Waals surface area contributed by atoms with E-state index in [-0.39, 0.29) is 11.3 Å². The van der Waals surface area contributed by atoms with Gasteiger partial charge in [0.1, 0.15) is 23.1 Å². The van der Waals surface area contributed by atoms with Crippen LogP contribution in [0.5, 0.6) is 0 Å². The first-order valence-electron chi connectivity index (χ1n) is 12.6. The van der Waals surface area contributed by atoms with Crippen molar-refractivity contribution in [3.05, 3.63) is 53.1 Å². The van der Waals surface area contributed by atoms with Gasteiger partial charge in [0.15, 0.2) is 11.6 Å². The lowest BCUT2D eigenvalue weighted by molar-refractivity contribution is 0.0398. The van der Waals surface area contributed by atoms with Gasteiger partial charge in [-0.3, -0.25) is 9.69 Å². The molecule has 0 saturated carbocycles. The molecule has 0 spiro atoms. The molecule has 13 heteroatoms. The number of anilines is 4. The fourth-order valence-corrected chi connectivity index (χ4v) is 4.11. The van der Waals surface area contributed by atoms with Gasteiger partial charge in [0.05, 0.1) is 30.1 Å². The van der Waals surface area contributed by atoms with Gasteiger partial charge in [-0.2, -0.15) is 0 Å². The van der Waals surface area contributed by atoms with Crippen LogP contribution in [-0.2, 0) is 10.2 Å². The second-order valence-electron chi connectivity index (χ2n) is 10.1. The number of halogens is 1. The van der Waals surface area contributed by atoms with E-state index in [9.17, 15) is 4.79 Å². The number of hydrogen-bond donors (Lipinski definition) is 3. The highest BCUT2D eigenvalue weighted by Crippen LogP contribution is 2.29. The highest BCUT2D eigenvalue weighted by atomic mass is 35.5. The molecular weight excluding hydrogens is 522 g/mol. The van der Waals surface area contributed by atoms with Crippen LogP contribution in [-0.4, -0.2) is 75.3 Å². The Balaban J connectivity index is 1.31. The standard InChI is InChI=1S/C26H30ClN9O3/c1-26(2,3)20-13-21(35-39-20)33-24(37)16-4-5-17(27)18(12-16)32-23-22-19(30-15-31-23)14-29-25(34-22)28-6-7-36-8-10-38-11-9-36/h4-5,12-15H,6-11H2,1-3H3,(H,28,29,34)(H,30,31,32)(H,33,35,37). The number of amides is 1. The zero-order chi connectivity index (χ0) is 27.4. The maximum atomic E-state index is 12.9. The van der Waals surface area contributed by atoms with E-state index in [2.05, 4.69) is 45.9 Å². The number of fused-ring (bicyclic) bond motifs is 1. The second kappa shape index (κ2) is 11.5. The van der Waals surface area contributed by atoms with Crippen molar-refractivity contribution in [3.8, 4) is 0 Å². The van der Waals surface area contributed by atoms with Crippen molar-refractivity contribution in [1.82, 2.24) is 30.0 Å². The molecule has 5 rings (SSSR count). The summed E-state index contributed by atoms with van der Waals surface area (Å²) in [6.07, 6.45) is 3.06. The van der Waals surface area contributed by atoms with Crippen LogP contribution in [0.1, 0.15) is 36.9 Å². The largest absolute Gasteiger partial charge is 0.379 e. The summed E-state index contributed by atoms with van der Waals surface area (Å²) < 4.78 is 10.8. The predicted molar refractivity (Wildman–Crippen MR) is 149 cm³/mol. The van der Waals surface area contributed by atoms with Gasteiger partial charge < -0.3 is 25.2 Å². The zero-order valence-corrected chi connectivity index (χ0v) is 22.7. The van der Waals surface area contributed by atoms with Crippen molar-refractivity contribution in [2.75, 3.05) is 55.3 Å². The maximum Gasteiger partial charge on any atom is 0.256 e. The molecule has 3 N–H and O–H groups in total. The minimum absolute atomic E-state index is 0.227. The molecule has 0 bridgehead atoms. The quantitative estimate of drug-likeness (QED) is 0.291. The summed E-state index contributed by atoms with van der Waals surface area (Å²) in [7, 11) is 0. The number of carbonyl (C=O) groups is 1. The first kappa shape index (κ1) is 26.7. The molecule has 0 unspecified atom stereocenters. The van der Waals surface area contributed by atoms with E-state index < -0.39 is 0 Å². The molecule has 1 aromatic carbocycles. The van der Waals surface area contributed by atoms with Gasteiger partial charge in [-0.05, 0) is 18.2 Å². The van der Waals surface area contributed by atoms with E-state index in [1.54, 1.807) is 30.5 Å². The molecule has 1 aliphatic rings. The second-order valence-corrected chi connectivity index (χ2v) is 10.5. The summed E-state index contributed by atoms with van der Waals surface area (Å²) in [5.41, 5.74) is 1.72. The number of rotatable bonds is 8. The normalized spacial score (nSPS) is 14.4. The summed E-state index contributed by atoms with van der Waals surface area (Å²) in [6, 6.07) is 6.62. The summed E-state index contributed by atoms with van der Waals surface area (Å²) >= 11 is 6.47. The third-order valence-corrected chi connectivity index (χ3v) is 6.49. The van der Waals surface area contributed by atoms with Crippen molar-refractivity contribution >= 4 is 51.8 Å². The molecule has 0 radical (unpaired) electrons. The molecule has 39 heavy (non-hydrogen) atoms. The summed E-state index contributed by atoms with van der Waals surface area (Å²) in [5.74, 6) is 1.55. The Bertz CT molecular complexity index is 1460. The Hall–Kier alpha value is -3.87. The average molecular weight is 552 g/mol. The first-order chi connectivity index (χ1) is 18.8. The number of ether oxygens (including phenoxy) is 1. The van der Waals surface area contributed by atoms with E-state index in [1.807, 2.05) is 20.8 Å². The SMILES string of the molecule is CC(C)(C)c1cc(NC(=O)c2ccc(Cl)c(Nc3ncnc4cnc(NCCN5CCOCC5)nc34)c2)no1. The van der Waals surface area contributed by atoms with E-state index in [4.69, 9.17) is 20.9 Å². The van der Waals surface area contributed by atoms with Crippen LogP contribution >= 0.6 is 11.6 Å². The molecule has 12 nitrogen and oxygen atoms in total. The molecule has 4 aromatic rings. The molecule has 1 aliphatic heterocycles. The first-order valence-corrected chi connectivity index (χ1v) is 13.0. The number of hydrogen-bond acceptors (Lipinski definition) is 11. The Morgan fingerprint density at radius 3 is 2.72 bits per heavy atom. The minimum atomic E-state index is -0.356. The smallest absolute Gasteiger partial charge is 0.256 e. The molecular formula is C26H30ClN9O3. The molecule has 3 aromatic heterocycles. The summed E-state index contributed by atoms with van der Waals surface area (Å²) in [4.78, 5) is 32.9. The van der Waals surface area contributed by atoms with Crippen molar-refractivity contribution in [2.45, 2.75) is 26.2 Å². The zero-order valence-electron chi connectivity index (χ0n) is 22.0. The monoisotopic (exact) mass is 551 g/mol. The van der Waals surface area contributed by atoms with Gasteiger partial charge in [-0.25, -0.2) is 19.9 Å². The molecule has 1 amide bonds. The molecule has 0 atom stereocenters. The van der Waals surface area contributed by atoms with Crippen molar-refractivity contribution < 1.29 is 14.1 Å². The maximum absolute atomic E-state index is 12.9. The topological polar surface area (TPSA) is 143 Å². The Kier molecular flexibility index (Phi) is 7.87. The van der Waals surface area contributed by atoms with Gasteiger partial charge in [0, 0.05) is 43.2 Å². The van der Waals surface area contributed by atoms with Crippen molar-refractivity contribution in [1.29, 1.82) is 0 Å². The number of nitrogens with one attached hydrogen (secondary N) is 3. The van der Waals surface area contributed by atoms with Crippen molar-refractivity contribution in [2.24, 2.45) is 0 Å². The molecule has 4 heterocycles.